The zero-order chi connectivity index (χ0) is 20.1. The van der Waals surface area contributed by atoms with Gasteiger partial charge in [-0.1, -0.05) is 42.0 Å². The van der Waals surface area contributed by atoms with E-state index in [0.29, 0.717) is 5.56 Å². The fourth-order valence-electron chi connectivity index (χ4n) is 3.06. The lowest BCUT2D eigenvalue weighted by molar-refractivity contribution is 0.0955. The summed E-state index contributed by atoms with van der Waals surface area (Å²) < 4.78 is 0. The van der Waals surface area contributed by atoms with E-state index in [2.05, 4.69) is 46.7 Å². The first-order chi connectivity index (χ1) is 14.2. The van der Waals surface area contributed by atoms with Crippen molar-refractivity contribution in [2.24, 2.45) is 10.2 Å². The van der Waals surface area contributed by atoms with E-state index < -0.39 is 0 Å². The number of pyridine rings is 1. The highest BCUT2D eigenvalue weighted by molar-refractivity contribution is 6.02. The summed E-state index contributed by atoms with van der Waals surface area (Å²) in [5.41, 5.74) is 8.49. The number of hydrogen-bond acceptors (Lipinski definition) is 5. The first kappa shape index (κ1) is 18.6. The molecule has 4 rings (SSSR count). The quantitative estimate of drug-likeness (QED) is 0.539. The minimum atomic E-state index is -0.268. The lowest BCUT2D eigenvalue weighted by Gasteiger charge is -2.13. The van der Waals surface area contributed by atoms with Crippen molar-refractivity contribution in [3.63, 3.8) is 0 Å². The van der Waals surface area contributed by atoms with Crippen LogP contribution in [-0.2, 0) is 0 Å². The van der Waals surface area contributed by atoms with Crippen molar-refractivity contribution in [3.8, 4) is 0 Å². The number of carbonyl (C=O) groups excluding carboxylic acids is 1. The van der Waals surface area contributed by atoms with Crippen molar-refractivity contribution in [2.45, 2.75) is 13.3 Å². The molecule has 1 aliphatic heterocycles. The smallest absolute Gasteiger partial charge is 0.267 e. The van der Waals surface area contributed by atoms with E-state index in [4.69, 9.17) is 5.10 Å². The average molecular weight is 383 g/mol. The van der Waals surface area contributed by atoms with Gasteiger partial charge in [-0.25, -0.2) is 5.43 Å². The van der Waals surface area contributed by atoms with Gasteiger partial charge in [0.2, 0.25) is 0 Å². The van der Waals surface area contributed by atoms with Crippen molar-refractivity contribution in [2.75, 3.05) is 11.6 Å². The van der Waals surface area contributed by atoms with Crippen LogP contribution >= 0.6 is 0 Å². The van der Waals surface area contributed by atoms with Gasteiger partial charge in [0.25, 0.3) is 5.91 Å². The summed E-state index contributed by atoms with van der Waals surface area (Å²) in [6.45, 7) is 2.95. The molecule has 6 nitrogen and oxygen atoms in total. The number of aryl methyl sites for hydroxylation is 1. The number of hydrogen-bond donors (Lipinski definition) is 1. The standard InChI is InChI=1S/C23H21N5O/c1-17-2-6-19(7-3-17)22-12-15-28(27-22)21-8-4-18(5-9-21)16-25-26-23(29)20-10-13-24-14-11-20/h2-11,13-14,16H,12,15H2,1H3,(H,26,29)/b25-16-. The second kappa shape index (κ2) is 8.48. The normalized spacial score (nSPS) is 13.6. The molecule has 3 aromatic rings. The molecule has 1 N–H and O–H groups in total. The maximum Gasteiger partial charge on any atom is 0.271 e. The Kier molecular flexibility index (Phi) is 5.42. The van der Waals surface area contributed by atoms with E-state index in [1.807, 2.05) is 29.3 Å². The Morgan fingerprint density at radius 3 is 2.48 bits per heavy atom. The average Bonchev–Trinajstić information content (AvgIpc) is 3.25. The molecular formula is C23H21N5O. The lowest BCUT2D eigenvalue weighted by atomic mass is 10.1. The maximum atomic E-state index is 12.0. The van der Waals surface area contributed by atoms with Crippen molar-refractivity contribution < 1.29 is 4.79 Å². The predicted octanol–water partition coefficient (Wildman–Crippen LogP) is 3.77. The Balaban J connectivity index is 1.38. The highest BCUT2D eigenvalue weighted by Crippen LogP contribution is 2.22. The van der Waals surface area contributed by atoms with Gasteiger partial charge in [0.1, 0.15) is 0 Å². The van der Waals surface area contributed by atoms with Crippen LogP contribution in [0.2, 0.25) is 0 Å². The van der Waals surface area contributed by atoms with E-state index in [1.165, 1.54) is 11.1 Å². The van der Waals surface area contributed by atoms with Gasteiger partial charge < -0.3 is 0 Å². The van der Waals surface area contributed by atoms with Crippen LogP contribution in [0.25, 0.3) is 0 Å². The number of carbonyl (C=O) groups is 1. The van der Waals surface area contributed by atoms with Crippen LogP contribution in [0.4, 0.5) is 5.69 Å². The van der Waals surface area contributed by atoms with Gasteiger partial charge in [-0.15, -0.1) is 0 Å². The van der Waals surface area contributed by atoms with Gasteiger partial charge in [0, 0.05) is 30.9 Å². The number of hydrazone groups is 2. The molecule has 0 fully saturated rings. The van der Waals surface area contributed by atoms with E-state index in [-0.39, 0.29) is 5.91 Å². The highest BCUT2D eigenvalue weighted by atomic mass is 16.2. The van der Waals surface area contributed by atoms with Crippen LogP contribution in [0.5, 0.6) is 0 Å². The molecule has 0 saturated heterocycles. The molecule has 6 heteroatoms. The molecule has 1 aliphatic rings. The molecule has 29 heavy (non-hydrogen) atoms. The van der Waals surface area contributed by atoms with Gasteiger partial charge in [-0.2, -0.15) is 10.2 Å². The molecule has 2 heterocycles. The third kappa shape index (κ3) is 4.55. The fourth-order valence-corrected chi connectivity index (χ4v) is 3.06. The van der Waals surface area contributed by atoms with Crippen LogP contribution in [0.3, 0.4) is 0 Å². The third-order valence-corrected chi connectivity index (χ3v) is 4.70. The highest BCUT2D eigenvalue weighted by Gasteiger charge is 2.17. The number of benzene rings is 2. The molecule has 0 saturated carbocycles. The van der Waals surface area contributed by atoms with Gasteiger partial charge >= 0.3 is 0 Å². The Bertz CT molecular complexity index is 1040. The van der Waals surface area contributed by atoms with Gasteiger partial charge in [0.15, 0.2) is 0 Å². The molecule has 0 radical (unpaired) electrons. The summed E-state index contributed by atoms with van der Waals surface area (Å²) in [7, 11) is 0. The third-order valence-electron chi connectivity index (χ3n) is 4.70. The molecular weight excluding hydrogens is 362 g/mol. The number of nitrogens with zero attached hydrogens (tertiary/aromatic N) is 4. The molecule has 0 spiro atoms. The summed E-state index contributed by atoms with van der Waals surface area (Å²) in [5.74, 6) is -0.268. The van der Waals surface area contributed by atoms with Crippen LogP contribution in [0, 0.1) is 6.92 Å². The SMILES string of the molecule is Cc1ccc(C2=NN(c3ccc(/C=N\NC(=O)c4ccncc4)cc3)CC2)cc1. The Morgan fingerprint density at radius 1 is 1.03 bits per heavy atom. The minimum absolute atomic E-state index is 0.268. The second-order valence-electron chi connectivity index (χ2n) is 6.81. The maximum absolute atomic E-state index is 12.0. The molecule has 0 unspecified atom stereocenters. The van der Waals surface area contributed by atoms with Gasteiger partial charge in [-0.3, -0.25) is 14.8 Å². The van der Waals surface area contributed by atoms with Crippen molar-refractivity contribution >= 4 is 23.5 Å². The van der Waals surface area contributed by atoms with E-state index in [1.54, 1.807) is 30.7 Å². The molecule has 1 amide bonds. The number of rotatable bonds is 5. The summed E-state index contributed by atoms with van der Waals surface area (Å²) >= 11 is 0. The Morgan fingerprint density at radius 2 is 1.76 bits per heavy atom. The first-order valence-corrected chi connectivity index (χ1v) is 9.44. The molecule has 0 bridgehead atoms. The zero-order valence-corrected chi connectivity index (χ0v) is 16.1. The molecule has 1 aromatic heterocycles. The Labute approximate surface area is 169 Å². The van der Waals surface area contributed by atoms with Crippen LogP contribution in [0.15, 0.2) is 83.3 Å². The Hall–Kier alpha value is -3.80. The monoisotopic (exact) mass is 383 g/mol. The molecule has 144 valence electrons. The van der Waals surface area contributed by atoms with E-state index >= 15 is 0 Å². The summed E-state index contributed by atoms with van der Waals surface area (Å²) in [4.78, 5) is 15.8. The fraction of sp³-hybridized carbons (Fsp3) is 0.130. The number of amides is 1. The van der Waals surface area contributed by atoms with Crippen LogP contribution in [0.1, 0.15) is 33.5 Å². The number of aromatic nitrogens is 1. The minimum Gasteiger partial charge on any atom is -0.267 e. The predicted molar refractivity (Wildman–Crippen MR) is 115 cm³/mol. The summed E-state index contributed by atoms with van der Waals surface area (Å²) in [6.07, 6.45) is 5.69. The first-order valence-electron chi connectivity index (χ1n) is 9.44. The summed E-state index contributed by atoms with van der Waals surface area (Å²) in [6, 6.07) is 19.7. The van der Waals surface area contributed by atoms with Gasteiger partial charge in [0.05, 0.1) is 17.6 Å². The second-order valence-corrected chi connectivity index (χ2v) is 6.81. The summed E-state index contributed by atoms with van der Waals surface area (Å²) in [5, 5.41) is 10.8. The van der Waals surface area contributed by atoms with Crippen LogP contribution < -0.4 is 10.4 Å². The van der Waals surface area contributed by atoms with E-state index in [0.717, 1.165) is 29.9 Å². The molecule has 0 atom stereocenters. The molecule has 0 aliphatic carbocycles. The van der Waals surface area contributed by atoms with Gasteiger partial charge in [-0.05, 0) is 42.3 Å². The van der Waals surface area contributed by atoms with Crippen molar-refractivity contribution in [1.29, 1.82) is 0 Å². The van der Waals surface area contributed by atoms with Crippen molar-refractivity contribution in [1.82, 2.24) is 10.4 Å². The molecule has 2 aromatic carbocycles. The zero-order valence-electron chi connectivity index (χ0n) is 16.1. The van der Waals surface area contributed by atoms with Crippen molar-refractivity contribution in [3.05, 3.63) is 95.3 Å². The largest absolute Gasteiger partial charge is 0.271 e. The van der Waals surface area contributed by atoms with E-state index in [9.17, 15) is 4.79 Å². The topological polar surface area (TPSA) is 70.0 Å². The lowest BCUT2D eigenvalue weighted by Crippen LogP contribution is -2.17. The number of nitrogens with one attached hydrogen (secondary N) is 1. The number of anilines is 1. The van der Waals surface area contributed by atoms with Crippen LogP contribution in [-0.4, -0.2) is 29.4 Å².